The number of hydrogen-bond donors (Lipinski definition) is 2. The van der Waals surface area contributed by atoms with Gasteiger partial charge in [-0.3, -0.25) is 0 Å². The molecule has 2 amide bonds. The normalized spacial score (nSPS) is 18.4. The van der Waals surface area contributed by atoms with Crippen molar-refractivity contribution in [2.45, 2.75) is 25.6 Å². The Morgan fingerprint density at radius 2 is 2.23 bits per heavy atom. The maximum absolute atomic E-state index is 12.3. The lowest BCUT2D eigenvalue weighted by atomic mass is 10.2. The van der Waals surface area contributed by atoms with Crippen LogP contribution in [-0.4, -0.2) is 48.0 Å². The number of carbonyl (C=O) groups is 1. The largest absolute Gasteiger partial charge is 0.482 e. The number of halogens is 3. The molecule has 0 radical (unpaired) electrons. The highest BCUT2D eigenvalue weighted by Crippen LogP contribution is 2.28. The Bertz CT molecular complexity index is 549. The smallest absolute Gasteiger partial charge is 0.422 e. The van der Waals surface area contributed by atoms with E-state index in [1.807, 2.05) is 0 Å². The topological polar surface area (TPSA) is 61.8 Å². The number of benzene rings is 1. The van der Waals surface area contributed by atoms with Gasteiger partial charge in [0.1, 0.15) is 5.75 Å². The number of amides is 2. The summed E-state index contributed by atoms with van der Waals surface area (Å²) in [5, 5.41) is 11.9. The number of likely N-dealkylation sites (tertiary alicyclic amines) is 1. The van der Waals surface area contributed by atoms with E-state index in [2.05, 4.69) is 5.32 Å². The number of rotatable bonds is 3. The van der Waals surface area contributed by atoms with E-state index in [0.717, 1.165) is 0 Å². The zero-order valence-electron chi connectivity index (χ0n) is 12.0. The zero-order valence-corrected chi connectivity index (χ0v) is 12.0. The summed E-state index contributed by atoms with van der Waals surface area (Å²) in [7, 11) is 0. The van der Waals surface area contributed by atoms with E-state index in [0.29, 0.717) is 18.5 Å². The average Bonchev–Trinajstić information content (AvgIpc) is 2.85. The molecule has 1 aromatic carbocycles. The van der Waals surface area contributed by atoms with E-state index in [1.54, 1.807) is 13.0 Å². The van der Waals surface area contributed by atoms with Crippen LogP contribution in [-0.2, 0) is 0 Å². The van der Waals surface area contributed by atoms with Gasteiger partial charge in [-0.05, 0) is 31.0 Å². The van der Waals surface area contributed by atoms with Crippen LogP contribution in [0.4, 0.5) is 23.7 Å². The van der Waals surface area contributed by atoms with Crippen LogP contribution in [0.1, 0.15) is 12.0 Å². The van der Waals surface area contributed by atoms with Crippen LogP contribution in [0.3, 0.4) is 0 Å². The second-order valence-corrected chi connectivity index (χ2v) is 5.22. The SMILES string of the molecule is Cc1ccc(NC(=O)N2CC[C@@H](O)C2)c(OCC(F)(F)F)c1. The number of β-amino-alcohol motifs (C(OH)–C–C–N with tert-alkyl or cyclic N) is 1. The van der Waals surface area contributed by atoms with Gasteiger partial charge in [0.05, 0.1) is 11.8 Å². The Morgan fingerprint density at radius 3 is 2.82 bits per heavy atom. The minimum Gasteiger partial charge on any atom is -0.482 e. The number of aliphatic hydroxyl groups is 1. The molecule has 1 saturated heterocycles. The lowest BCUT2D eigenvalue weighted by Crippen LogP contribution is -2.33. The van der Waals surface area contributed by atoms with E-state index < -0.39 is 24.9 Å². The Labute approximate surface area is 125 Å². The number of aliphatic hydroxyl groups excluding tert-OH is 1. The van der Waals surface area contributed by atoms with Crippen molar-refractivity contribution in [3.05, 3.63) is 23.8 Å². The molecule has 0 aromatic heterocycles. The van der Waals surface area contributed by atoms with Crippen molar-refractivity contribution in [3.8, 4) is 5.75 Å². The molecule has 0 unspecified atom stereocenters. The fourth-order valence-corrected chi connectivity index (χ4v) is 2.13. The quantitative estimate of drug-likeness (QED) is 0.900. The predicted octanol–water partition coefficient (Wildman–Crippen LogP) is 2.53. The molecule has 1 fully saturated rings. The maximum atomic E-state index is 12.3. The van der Waals surface area contributed by atoms with Gasteiger partial charge in [0.25, 0.3) is 0 Å². The summed E-state index contributed by atoms with van der Waals surface area (Å²) in [6.07, 6.45) is -4.53. The molecule has 1 aromatic rings. The maximum Gasteiger partial charge on any atom is 0.422 e. The highest BCUT2D eigenvalue weighted by molar-refractivity contribution is 5.91. The van der Waals surface area contributed by atoms with Crippen LogP contribution in [0, 0.1) is 6.92 Å². The molecule has 5 nitrogen and oxygen atoms in total. The standard InChI is InChI=1S/C14H17F3N2O3/c1-9-2-3-11(12(6-9)22-8-14(15,16)17)18-13(21)19-5-4-10(20)7-19/h2-3,6,10,20H,4-5,7-8H2,1H3,(H,18,21)/t10-/m1/s1. The van der Waals surface area contributed by atoms with Crippen LogP contribution in [0.2, 0.25) is 0 Å². The number of nitrogens with one attached hydrogen (secondary N) is 1. The Kier molecular flexibility index (Phi) is 4.80. The van der Waals surface area contributed by atoms with Crippen molar-refractivity contribution < 1.29 is 27.8 Å². The summed E-state index contributed by atoms with van der Waals surface area (Å²) in [4.78, 5) is 13.4. The van der Waals surface area contributed by atoms with Gasteiger partial charge in [-0.2, -0.15) is 13.2 Å². The second-order valence-electron chi connectivity index (χ2n) is 5.22. The third-order valence-electron chi connectivity index (χ3n) is 3.22. The Morgan fingerprint density at radius 1 is 1.50 bits per heavy atom. The molecule has 1 aliphatic heterocycles. The molecule has 8 heteroatoms. The molecule has 0 bridgehead atoms. The highest BCUT2D eigenvalue weighted by atomic mass is 19.4. The van der Waals surface area contributed by atoms with Crippen molar-refractivity contribution in [1.82, 2.24) is 4.90 Å². The fourth-order valence-electron chi connectivity index (χ4n) is 2.13. The minimum atomic E-state index is -4.45. The van der Waals surface area contributed by atoms with E-state index in [-0.39, 0.29) is 18.0 Å². The number of anilines is 1. The first-order valence-electron chi connectivity index (χ1n) is 6.79. The summed E-state index contributed by atoms with van der Waals surface area (Å²) >= 11 is 0. The van der Waals surface area contributed by atoms with Gasteiger partial charge in [0.15, 0.2) is 6.61 Å². The first-order chi connectivity index (χ1) is 10.2. The summed E-state index contributed by atoms with van der Waals surface area (Å²) in [5.41, 5.74) is 0.882. The summed E-state index contributed by atoms with van der Waals surface area (Å²) in [6.45, 7) is 0.888. The molecule has 122 valence electrons. The number of urea groups is 1. The predicted molar refractivity (Wildman–Crippen MR) is 73.9 cm³/mol. The van der Waals surface area contributed by atoms with E-state index >= 15 is 0 Å². The number of alkyl halides is 3. The van der Waals surface area contributed by atoms with Gasteiger partial charge in [-0.25, -0.2) is 4.79 Å². The molecule has 0 saturated carbocycles. The van der Waals surface area contributed by atoms with Crippen LogP contribution < -0.4 is 10.1 Å². The van der Waals surface area contributed by atoms with Crippen molar-refractivity contribution >= 4 is 11.7 Å². The van der Waals surface area contributed by atoms with Crippen molar-refractivity contribution in [2.24, 2.45) is 0 Å². The molecular formula is C14H17F3N2O3. The molecule has 2 N–H and O–H groups in total. The van der Waals surface area contributed by atoms with E-state index in [1.165, 1.54) is 17.0 Å². The van der Waals surface area contributed by atoms with Crippen molar-refractivity contribution in [2.75, 3.05) is 25.0 Å². The number of nitrogens with zero attached hydrogens (tertiary/aromatic N) is 1. The van der Waals surface area contributed by atoms with Crippen molar-refractivity contribution in [1.29, 1.82) is 0 Å². The fraction of sp³-hybridized carbons (Fsp3) is 0.500. The number of hydrogen-bond acceptors (Lipinski definition) is 3. The summed E-state index contributed by atoms with van der Waals surface area (Å²) in [6, 6.07) is 4.11. The monoisotopic (exact) mass is 318 g/mol. The van der Waals surface area contributed by atoms with Gasteiger partial charge in [-0.1, -0.05) is 6.07 Å². The minimum absolute atomic E-state index is 0.0366. The number of ether oxygens (including phenoxy) is 1. The average molecular weight is 318 g/mol. The summed E-state index contributed by atoms with van der Waals surface area (Å²) in [5.74, 6) is -0.0366. The molecule has 0 spiro atoms. The lowest BCUT2D eigenvalue weighted by Gasteiger charge is -2.19. The van der Waals surface area contributed by atoms with Gasteiger partial charge in [-0.15, -0.1) is 0 Å². The highest BCUT2D eigenvalue weighted by Gasteiger charge is 2.29. The van der Waals surface area contributed by atoms with Crippen molar-refractivity contribution in [3.63, 3.8) is 0 Å². The molecule has 0 aliphatic carbocycles. The van der Waals surface area contributed by atoms with Gasteiger partial charge in [0, 0.05) is 13.1 Å². The van der Waals surface area contributed by atoms with Crippen LogP contribution in [0.25, 0.3) is 0 Å². The zero-order chi connectivity index (χ0) is 16.3. The Balaban J connectivity index is 2.07. The molecule has 1 atom stereocenters. The van der Waals surface area contributed by atoms with Crippen LogP contribution >= 0.6 is 0 Å². The molecule has 22 heavy (non-hydrogen) atoms. The third-order valence-corrected chi connectivity index (χ3v) is 3.22. The molecule has 1 aliphatic rings. The Hall–Kier alpha value is -1.96. The molecule has 2 rings (SSSR count). The lowest BCUT2D eigenvalue weighted by molar-refractivity contribution is -0.153. The first kappa shape index (κ1) is 16.4. The summed E-state index contributed by atoms with van der Waals surface area (Å²) < 4.78 is 41.6. The van der Waals surface area contributed by atoms with Gasteiger partial charge < -0.3 is 20.1 Å². The third kappa shape index (κ3) is 4.52. The van der Waals surface area contributed by atoms with Gasteiger partial charge in [0.2, 0.25) is 0 Å². The van der Waals surface area contributed by atoms with Crippen LogP contribution in [0.5, 0.6) is 5.75 Å². The van der Waals surface area contributed by atoms with Gasteiger partial charge >= 0.3 is 12.2 Å². The first-order valence-corrected chi connectivity index (χ1v) is 6.79. The number of aryl methyl sites for hydroxylation is 1. The molecule has 1 heterocycles. The van der Waals surface area contributed by atoms with E-state index in [4.69, 9.17) is 4.74 Å². The van der Waals surface area contributed by atoms with Crippen LogP contribution in [0.15, 0.2) is 18.2 Å². The van der Waals surface area contributed by atoms with E-state index in [9.17, 15) is 23.1 Å². The number of carbonyl (C=O) groups excluding carboxylic acids is 1. The second kappa shape index (κ2) is 6.43. The molecular weight excluding hydrogens is 301 g/mol.